The fourth-order valence-corrected chi connectivity index (χ4v) is 5.10. The molecular weight excluding hydrogens is 254 g/mol. The van der Waals surface area contributed by atoms with E-state index in [1.54, 1.807) is 11.1 Å². The first-order valence-corrected chi connectivity index (χ1v) is 9.22. The molecule has 114 valence electrons. The molecule has 0 saturated heterocycles. The minimum atomic E-state index is 0.625. The van der Waals surface area contributed by atoms with Gasteiger partial charge in [-0.05, 0) is 67.0 Å². The van der Waals surface area contributed by atoms with E-state index in [2.05, 4.69) is 36.5 Å². The second-order valence-electron chi connectivity index (χ2n) is 7.48. The number of hydrogen-bond donors (Lipinski definition) is 1. The predicted molar refractivity (Wildman–Crippen MR) is 88.4 cm³/mol. The zero-order chi connectivity index (χ0) is 14.2. The van der Waals surface area contributed by atoms with Crippen molar-refractivity contribution in [3.8, 4) is 0 Å². The van der Waals surface area contributed by atoms with Gasteiger partial charge in [0.1, 0.15) is 0 Å². The molecule has 1 aromatic rings. The first-order chi connectivity index (χ1) is 10.4. The Morgan fingerprint density at radius 2 is 1.71 bits per heavy atom. The maximum atomic E-state index is 3.86. The van der Waals surface area contributed by atoms with Gasteiger partial charge < -0.3 is 5.32 Å². The molecule has 1 nitrogen and oxygen atoms in total. The normalized spacial score (nSPS) is 33.1. The van der Waals surface area contributed by atoms with Crippen LogP contribution in [0.5, 0.6) is 0 Å². The van der Waals surface area contributed by atoms with Gasteiger partial charge in [0.05, 0.1) is 0 Å². The Morgan fingerprint density at radius 1 is 1.00 bits per heavy atom. The standard InChI is InChI=1S/C20H29N/c1-2-21-20(19-16-11-4-5-12-17(16)19)18-13-6-3-10-15(18)14-8-7-9-14/h3,6,10,13-14,16-17,19-21H,2,4-5,7-9,11-12H2,1H3. The molecule has 0 bridgehead atoms. The highest BCUT2D eigenvalue weighted by molar-refractivity contribution is 5.36. The summed E-state index contributed by atoms with van der Waals surface area (Å²) in [5, 5.41) is 3.86. The Hall–Kier alpha value is -0.820. The zero-order valence-corrected chi connectivity index (χ0v) is 13.4. The molecule has 3 unspecified atom stereocenters. The van der Waals surface area contributed by atoms with Crippen molar-refractivity contribution in [3.63, 3.8) is 0 Å². The number of nitrogens with one attached hydrogen (secondary N) is 1. The molecule has 21 heavy (non-hydrogen) atoms. The van der Waals surface area contributed by atoms with Crippen LogP contribution in [0.15, 0.2) is 24.3 Å². The third-order valence-corrected chi connectivity index (χ3v) is 6.41. The van der Waals surface area contributed by atoms with Crippen LogP contribution >= 0.6 is 0 Å². The van der Waals surface area contributed by atoms with Crippen molar-refractivity contribution in [1.29, 1.82) is 0 Å². The van der Waals surface area contributed by atoms with Crippen molar-refractivity contribution in [2.45, 2.75) is 63.8 Å². The first-order valence-electron chi connectivity index (χ1n) is 9.22. The van der Waals surface area contributed by atoms with Gasteiger partial charge in [-0.25, -0.2) is 0 Å². The quantitative estimate of drug-likeness (QED) is 0.798. The van der Waals surface area contributed by atoms with Crippen LogP contribution < -0.4 is 5.32 Å². The maximum Gasteiger partial charge on any atom is 0.0356 e. The molecule has 3 aliphatic carbocycles. The molecule has 1 N–H and O–H groups in total. The van der Waals surface area contributed by atoms with Crippen LogP contribution in [0.3, 0.4) is 0 Å². The first kappa shape index (κ1) is 13.8. The van der Waals surface area contributed by atoms with Gasteiger partial charge in [0.15, 0.2) is 0 Å². The van der Waals surface area contributed by atoms with Crippen LogP contribution in [-0.2, 0) is 0 Å². The van der Waals surface area contributed by atoms with Crippen molar-refractivity contribution < 1.29 is 0 Å². The molecule has 0 radical (unpaired) electrons. The fourth-order valence-electron chi connectivity index (χ4n) is 5.10. The molecule has 0 aromatic heterocycles. The predicted octanol–water partition coefficient (Wildman–Crippen LogP) is 5.04. The largest absolute Gasteiger partial charge is 0.310 e. The van der Waals surface area contributed by atoms with Gasteiger partial charge in [-0.3, -0.25) is 0 Å². The summed E-state index contributed by atoms with van der Waals surface area (Å²) in [6.45, 7) is 3.37. The van der Waals surface area contributed by atoms with Crippen LogP contribution in [0.1, 0.15) is 75.0 Å². The molecule has 3 atom stereocenters. The molecule has 0 amide bonds. The van der Waals surface area contributed by atoms with E-state index in [1.807, 2.05) is 0 Å². The second kappa shape index (κ2) is 5.76. The van der Waals surface area contributed by atoms with E-state index < -0.39 is 0 Å². The Morgan fingerprint density at radius 3 is 2.33 bits per heavy atom. The zero-order valence-electron chi connectivity index (χ0n) is 13.4. The highest BCUT2D eigenvalue weighted by Crippen LogP contribution is 2.61. The molecule has 1 heteroatoms. The minimum Gasteiger partial charge on any atom is -0.310 e. The van der Waals surface area contributed by atoms with Crippen molar-refractivity contribution in [1.82, 2.24) is 5.32 Å². The SMILES string of the molecule is CCNC(c1ccccc1C1CCC1)C1C2CCCCC21. The average Bonchev–Trinajstić information content (AvgIpc) is 3.18. The summed E-state index contributed by atoms with van der Waals surface area (Å²) >= 11 is 0. The van der Waals surface area contributed by atoms with E-state index in [0.717, 1.165) is 30.2 Å². The summed E-state index contributed by atoms with van der Waals surface area (Å²) in [5.41, 5.74) is 3.31. The van der Waals surface area contributed by atoms with E-state index in [0.29, 0.717) is 6.04 Å². The summed E-state index contributed by atoms with van der Waals surface area (Å²) in [4.78, 5) is 0. The lowest BCUT2D eigenvalue weighted by molar-refractivity contribution is 0.401. The summed E-state index contributed by atoms with van der Waals surface area (Å²) < 4.78 is 0. The van der Waals surface area contributed by atoms with Gasteiger partial charge in [-0.15, -0.1) is 0 Å². The Bertz CT molecular complexity index is 478. The molecule has 3 saturated carbocycles. The molecule has 0 spiro atoms. The molecule has 3 aliphatic rings. The van der Waals surface area contributed by atoms with E-state index >= 15 is 0 Å². The Kier molecular flexibility index (Phi) is 3.79. The van der Waals surface area contributed by atoms with Gasteiger partial charge in [-0.1, -0.05) is 50.5 Å². The van der Waals surface area contributed by atoms with Crippen molar-refractivity contribution in [2.24, 2.45) is 17.8 Å². The van der Waals surface area contributed by atoms with Crippen molar-refractivity contribution >= 4 is 0 Å². The van der Waals surface area contributed by atoms with Gasteiger partial charge >= 0.3 is 0 Å². The summed E-state index contributed by atoms with van der Waals surface area (Å²) in [6, 6.07) is 9.97. The molecule has 0 aliphatic heterocycles. The van der Waals surface area contributed by atoms with E-state index in [1.165, 1.54) is 44.9 Å². The third kappa shape index (κ3) is 2.44. The van der Waals surface area contributed by atoms with E-state index in [4.69, 9.17) is 0 Å². The second-order valence-corrected chi connectivity index (χ2v) is 7.48. The minimum absolute atomic E-state index is 0.625. The van der Waals surface area contributed by atoms with Crippen LogP contribution in [0, 0.1) is 17.8 Å². The van der Waals surface area contributed by atoms with Crippen molar-refractivity contribution in [2.75, 3.05) is 6.54 Å². The van der Waals surface area contributed by atoms with Crippen LogP contribution in [-0.4, -0.2) is 6.54 Å². The van der Waals surface area contributed by atoms with Gasteiger partial charge in [0, 0.05) is 6.04 Å². The van der Waals surface area contributed by atoms with Gasteiger partial charge in [-0.2, -0.15) is 0 Å². The lowest BCUT2D eigenvalue weighted by Crippen LogP contribution is -2.26. The smallest absolute Gasteiger partial charge is 0.0356 e. The highest BCUT2D eigenvalue weighted by Gasteiger charge is 2.54. The maximum absolute atomic E-state index is 3.86. The van der Waals surface area contributed by atoms with E-state index in [-0.39, 0.29) is 0 Å². The fraction of sp³-hybridized carbons (Fsp3) is 0.700. The number of fused-ring (bicyclic) bond motifs is 1. The van der Waals surface area contributed by atoms with Gasteiger partial charge in [0.2, 0.25) is 0 Å². The number of benzene rings is 1. The Labute approximate surface area is 129 Å². The molecule has 3 fully saturated rings. The lowest BCUT2D eigenvalue weighted by Gasteiger charge is -2.31. The third-order valence-electron chi connectivity index (χ3n) is 6.41. The Balaban J connectivity index is 1.62. The summed E-state index contributed by atoms with van der Waals surface area (Å²) in [7, 11) is 0. The monoisotopic (exact) mass is 283 g/mol. The van der Waals surface area contributed by atoms with Crippen molar-refractivity contribution in [3.05, 3.63) is 35.4 Å². The van der Waals surface area contributed by atoms with E-state index in [9.17, 15) is 0 Å². The summed E-state index contributed by atoms with van der Waals surface area (Å²) in [5.74, 6) is 3.83. The molecule has 0 heterocycles. The van der Waals surface area contributed by atoms with Crippen LogP contribution in [0.2, 0.25) is 0 Å². The van der Waals surface area contributed by atoms with Crippen LogP contribution in [0.4, 0.5) is 0 Å². The topological polar surface area (TPSA) is 12.0 Å². The highest BCUT2D eigenvalue weighted by atomic mass is 14.9. The number of hydrogen-bond acceptors (Lipinski definition) is 1. The lowest BCUT2D eigenvalue weighted by atomic mass is 9.76. The van der Waals surface area contributed by atoms with Gasteiger partial charge in [0.25, 0.3) is 0 Å². The molecule has 4 rings (SSSR count). The average molecular weight is 283 g/mol. The molecule has 1 aromatic carbocycles. The molecular formula is C20H29N. The summed E-state index contributed by atoms with van der Waals surface area (Å²) in [6.07, 6.45) is 10.2. The van der Waals surface area contributed by atoms with Crippen LogP contribution in [0.25, 0.3) is 0 Å². The number of rotatable bonds is 5.